The second-order valence-corrected chi connectivity index (χ2v) is 7.14. The van der Waals surface area contributed by atoms with Gasteiger partial charge in [0.25, 0.3) is 5.69 Å². The molecule has 1 aliphatic rings. The van der Waals surface area contributed by atoms with Crippen LogP contribution >= 0.6 is 0 Å². The third-order valence-corrected chi connectivity index (χ3v) is 5.55. The van der Waals surface area contributed by atoms with Crippen LogP contribution in [-0.2, 0) is 14.8 Å². The van der Waals surface area contributed by atoms with Gasteiger partial charge in [-0.3, -0.25) is 10.1 Å². The van der Waals surface area contributed by atoms with Gasteiger partial charge in [0, 0.05) is 31.8 Å². The van der Waals surface area contributed by atoms with E-state index in [2.05, 4.69) is 5.32 Å². The van der Waals surface area contributed by atoms with Crippen molar-refractivity contribution in [2.45, 2.75) is 24.7 Å². The molecule has 1 aromatic carbocycles. The number of benzene rings is 1. The Balaban J connectivity index is 2.38. The van der Waals surface area contributed by atoms with Crippen molar-refractivity contribution < 1.29 is 18.1 Å². The quantitative estimate of drug-likeness (QED) is 0.460. The Bertz CT molecular complexity index is 656. The third kappa shape index (κ3) is 4.18. The zero-order valence-corrected chi connectivity index (χ0v) is 13.8. The van der Waals surface area contributed by atoms with E-state index in [-0.39, 0.29) is 23.7 Å². The molecular formula is C14H21N3O5S. The van der Waals surface area contributed by atoms with Crippen LogP contribution in [0.5, 0.6) is 0 Å². The van der Waals surface area contributed by atoms with Crippen LogP contribution in [0.2, 0.25) is 0 Å². The fraction of sp³-hybridized carbons (Fsp3) is 0.571. The average Bonchev–Trinajstić information content (AvgIpc) is 2.56. The fourth-order valence-corrected chi connectivity index (χ4v) is 3.91. The van der Waals surface area contributed by atoms with Crippen LogP contribution < -0.4 is 5.32 Å². The number of morpholine rings is 1. The molecule has 0 aromatic heterocycles. The highest BCUT2D eigenvalue weighted by molar-refractivity contribution is 7.89. The number of unbranched alkanes of at least 4 members (excludes halogenated alkanes) is 1. The summed E-state index contributed by atoms with van der Waals surface area (Å²) in [4.78, 5) is 10.3. The summed E-state index contributed by atoms with van der Waals surface area (Å²) in [6.45, 7) is 3.79. The largest absolute Gasteiger partial charge is 0.384 e. The zero-order valence-electron chi connectivity index (χ0n) is 13.0. The van der Waals surface area contributed by atoms with Crippen LogP contribution in [0.1, 0.15) is 19.8 Å². The molecule has 1 fully saturated rings. The van der Waals surface area contributed by atoms with Gasteiger partial charge in [0.05, 0.1) is 23.8 Å². The SMILES string of the molecule is CCCCNc1ccc([N+](=O)[O-])cc1S(=O)(=O)N1CCOCC1. The molecule has 0 amide bonds. The Morgan fingerprint density at radius 1 is 1.35 bits per heavy atom. The number of hydrogen-bond donors (Lipinski definition) is 1. The summed E-state index contributed by atoms with van der Waals surface area (Å²) < 4.78 is 32.1. The second-order valence-electron chi connectivity index (χ2n) is 5.23. The van der Waals surface area contributed by atoms with Gasteiger partial charge in [0.15, 0.2) is 0 Å². The van der Waals surface area contributed by atoms with Gasteiger partial charge in [0.1, 0.15) is 4.90 Å². The molecule has 8 nitrogen and oxygen atoms in total. The van der Waals surface area contributed by atoms with E-state index >= 15 is 0 Å². The number of nitro benzene ring substituents is 1. The zero-order chi connectivity index (χ0) is 16.9. The van der Waals surface area contributed by atoms with Crippen molar-refractivity contribution >= 4 is 21.4 Å². The van der Waals surface area contributed by atoms with Crippen molar-refractivity contribution in [1.29, 1.82) is 0 Å². The fourth-order valence-electron chi connectivity index (χ4n) is 2.31. The maximum Gasteiger partial charge on any atom is 0.270 e. The summed E-state index contributed by atoms with van der Waals surface area (Å²) in [7, 11) is -3.80. The molecule has 1 aromatic rings. The number of nitro groups is 1. The molecule has 0 unspecified atom stereocenters. The molecule has 0 radical (unpaired) electrons. The minimum absolute atomic E-state index is 0.0512. The average molecular weight is 343 g/mol. The minimum atomic E-state index is -3.80. The van der Waals surface area contributed by atoms with E-state index in [4.69, 9.17) is 4.74 Å². The van der Waals surface area contributed by atoms with Crippen molar-refractivity contribution in [3.05, 3.63) is 28.3 Å². The van der Waals surface area contributed by atoms with Crippen LogP contribution in [0.15, 0.2) is 23.1 Å². The summed E-state index contributed by atoms with van der Waals surface area (Å²) in [6, 6.07) is 3.90. The third-order valence-electron chi connectivity index (χ3n) is 3.61. The molecule has 0 saturated carbocycles. The van der Waals surface area contributed by atoms with Crippen LogP contribution in [-0.4, -0.2) is 50.5 Å². The summed E-state index contributed by atoms with van der Waals surface area (Å²) in [5.74, 6) is 0. The number of non-ortho nitro benzene ring substituents is 1. The minimum Gasteiger partial charge on any atom is -0.384 e. The highest BCUT2D eigenvalue weighted by Crippen LogP contribution is 2.29. The number of ether oxygens (including phenoxy) is 1. The molecule has 1 N–H and O–H groups in total. The van der Waals surface area contributed by atoms with Gasteiger partial charge in [-0.15, -0.1) is 0 Å². The molecule has 0 atom stereocenters. The number of nitrogens with zero attached hydrogens (tertiary/aromatic N) is 2. The smallest absolute Gasteiger partial charge is 0.270 e. The van der Waals surface area contributed by atoms with Gasteiger partial charge < -0.3 is 10.1 Å². The van der Waals surface area contributed by atoms with E-state index in [1.807, 2.05) is 6.92 Å². The second kappa shape index (κ2) is 7.71. The first kappa shape index (κ1) is 17.6. The first-order valence-electron chi connectivity index (χ1n) is 7.57. The van der Waals surface area contributed by atoms with Gasteiger partial charge in [-0.25, -0.2) is 8.42 Å². The highest BCUT2D eigenvalue weighted by Gasteiger charge is 2.30. The van der Waals surface area contributed by atoms with E-state index < -0.39 is 14.9 Å². The normalized spacial score (nSPS) is 16.2. The van der Waals surface area contributed by atoms with Crippen molar-refractivity contribution in [3.8, 4) is 0 Å². The molecule has 1 aliphatic heterocycles. The lowest BCUT2D eigenvalue weighted by Crippen LogP contribution is -2.40. The number of nitrogens with one attached hydrogen (secondary N) is 1. The van der Waals surface area contributed by atoms with Gasteiger partial charge >= 0.3 is 0 Å². The van der Waals surface area contributed by atoms with Gasteiger partial charge in [-0.1, -0.05) is 13.3 Å². The van der Waals surface area contributed by atoms with Gasteiger partial charge in [0.2, 0.25) is 10.0 Å². The predicted molar refractivity (Wildman–Crippen MR) is 86.1 cm³/mol. The summed E-state index contributed by atoms with van der Waals surface area (Å²) in [5, 5.41) is 14.1. The van der Waals surface area contributed by atoms with E-state index in [1.54, 1.807) is 0 Å². The number of anilines is 1. The summed E-state index contributed by atoms with van der Waals surface area (Å²) in [5.41, 5.74) is 0.161. The number of sulfonamides is 1. The molecule has 0 bridgehead atoms. The molecular weight excluding hydrogens is 322 g/mol. The van der Waals surface area contributed by atoms with Crippen LogP contribution in [0.25, 0.3) is 0 Å². The van der Waals surface area contributed by atoms with Crippen molar-refractivity contribution in [2.24, 2.45) is 0 Å². The molecule has 23 heavy (non-hydrogen) atoms. The van der Waals surface area contributed by atoms with Gasteiger partial charge in [-0.2, -0.15) is 4.31 Å². The Labute approximate surface area is 135 Å². The van der Waals surface area contributed by atoms with E-state index in [0.29, 0.717) is 25.4 Å². The molecule has 9 heteroatoms. The maximum atomic E-state index is 12.8. The van der Waals surface area contributed by atoms with E-state index in [9.17, 15) is 18.5 Å². The number of hydrogen-bond acceptors (Lipinski definition) is 6. The lowest BCUT2D eigenvalue weighted by molar-refractivity contribution is -0.385. The molecule has 0 spiro atoms. The molecule has 128 valence electrons. The van der Waals surface area contributed by atoms with E-state index in [0.717, 1.165) is 18.9 Å². The predicted octanol–water partition coefficient (Wildman–Crippen LogP) is 1.83. The lowest BCUT2D eigenvalue weighted by Gasteiger charge is -2.27. The van der Waals surface area contributed by atoms with Crippen molar-refractivity contribution in [2.75, 3.05) is 38.2 Å². The highest BCUT2D eigenvalue weighted by atomic mass is 32.2. The summed E-state index contributed by atoms with van der Waals surface area (Å²) >= 11 is 0. The van der Waals surface area contributed by atoms with Crippen LogP contribution in [0, 0.1) is 10.1 Å². The standard InChI is InChI=1S/C14H21N3O5S/c1-2-3-6-15-13-5-4-12(17(18)19)11-14(13)23(20,21)16-7-9-22-10-8-16/h4-5,11,15H,2-3,6-10H2,1H3. The Hall–Kier alpha value is -1.71. The maximum absolute atomic E-state index is 12.8. The Morgan fingerprint density at radius 3 is 2.65 bits per heavy atom. The van der Waals surface area contributed by atoms with Crippen LogP contribution in [0.4, 0.5) is 11.4 Å². The molecule has 1 saturated heterocycles. The van der Waals surface area contributed by atoms with Crippen molar-refractivity contribution in [1.82, 2.24) is 4.31 Å². The van der Waals surface area contributed by atoms with Crippen molar-refractivity contribution in [3.63, 3.8) is 0 Å². The molecule has 2 rings (SSSR count). The lowest BCUT2D eigenvalue weighted by atomic mass is 10.2. The molecule has 0 aliphatic carbocycles. The van der Waals surface area contributed by atoms with Gasteiger partial charge in [-0.05, 0) is 12.5 Å². The first-order chi connectivity index (χ1) is 11.0. The van der Waals surface area contributed by atoms with E-state index in [1.165, 1.54) is 16.4 Å². The number of rotatable bonds is 7. The Kier molecular flexibility index (Phi) is 5.91. The first-order valence-corrected chi connectivity index (χ1v) is 9.01. The monoisotopic (exact) mass is 343 g/mol. The topological polar surface area (TPSA) is 102 Å². The molecule has 1 heterocycles. The Morgan fingerprint density at radius 2 is 2.04 bits per heavy atom. The summed E-state index contributed by atoms with van der Waals surface area (Å²) in [6.07, 6.45) is 1.85. The van der Waals surface area contributed by atoms with Crippen LogP contribution in [0.3, 0.4) is 0 Å².